The van der Waals surface area contributed by atoms with Gasteiger partial charge in [0.2, 0.25) is 0 Å². The zero-order valence-electron chi connectivity index (χ0n) is 21.5. The molecular weight excluding hydrogens is 512 g/mol. The van der Waals surface area contributed by atoms with Crippen molar-refractivity contribution in [3.63, 3.8) is 0 Å². The van der Waals surface area contributed by atoms with Crippen LogP contribution in [0.25, 0.3) is 6.08 Å². The summed E-state index contributed by atoms with van der Waals surface area (Å²) in [6.45, 7) is 5.12. The number of pyridine rings is 1. The molecule has 196 valence electrons. The van der Waals surface area contributed by atoms with Gasteiger partial charge in [0.25, 0.3) is 11.5 Å². The van der Waals surface area contributed by atoms with Gasteiger partial charge in [-0.1, -0.05) is 30.0 Å². The number of thiocarbonyl (C=S) groups is 1. The Balaban J connectivity index is 1.99. The fourth-order valence-corrected chi connectivity index (χ4v) is 5.31. The third-order valence-corrected chi connectivity index (χ3v) is 7.39. The molecule has 3 rings (SSSR count). The molecule has 1 aliphatic heterocycles. The van der Waals surface area contributed by atoms with Crippen LogP contribution in [0, 0.1) is 18.3 Å². The van der Waals surface area contributed by atoms with Crippen LogP contribution in [0.3, 0.4) is 0 Å². The van der Waals surface area contributed by atoms with E-state index >= 15 is 0 Å². The third kappa shape index (κ3) is 5.98. The van der Waals surface area contributed by atoms with Gasteiger partial charge in [0.1, 0.15) is 21.8 Å². The van der Waals surface area contributed by atoms with Crippen LogP contribution in [0.1, 0.15) is 29.2 Å². The van der Waals surface area contributed by atoms with Crippen LogP contribution in [-0.2, 0) is 22.5 Å². The quantitative estimate of drug-likeness (QED) is 0.337. The number of hydrogen-bond acceptors (Lipinski definition) is 9. The number of carbonyl (C=O) groups excluding carboxylic acids is 1. The number of ether oxygens (including phenoxy) is 3. The molecule has 37 heavy (non-hydrogen) atoms. The van der Waals surface area contributed by atoms with E-state index in [1.54, 1.807) is 34.3 Å². The van der Waals surface area contributed by atoms with Crippen LogP contribution in [0.5, 0.6) is 11.5 Å². The molecule has 11 heteroatoms. The number of methoxy groups -OCH3 is 3. The average Bonchev–Trinajstić information content (AvgIpc) is 3.16. The van der Waals surface area contributed by atoms with Crippen LogP contribution in [0.15, 0.2) is 27.9 Å². The number of benzene rings is 1. The summed E-state index contributed by atoms with van der Waals surface area (Å²) in [4.78, 5) is 28.0. The number of rotatable bonds is 11. The molecule has 0 atom stereocenters. The molecule has 0 radical (unpaired) electrons. The number of nitrogens with one attached hydrogen (secondary N) is 1. The van der Waals surface area contributed by atoms with E-state index in [0.717, 1.165) is 5.56 Å². The highest BCUT2D eigenvalue weighted by molar-refractivity contribution is 8.26. The van der Waals surface area contributed by atoms with Crippen molar-refractivity contribution < 1.29 is 19.0 Å². The minimum Gasteiger partial charge on any atom is -0.493 e. The first kappa shape index (κ1) is 28.2. The summed E-state index contributed by atoms with van der Waals surface area (Å²) < 4.78 is 17.8. The van der Waals surface area contributed by atoms with Crippen molar-refractivity contribution in [2.24, 2.45) is 0 Å². The molecule has 1 amide bonds. The van der Waals surface area contributed by atoms with Crippen LogP contribution >= 0.6 is 24.0 Å². The van der Waals surface area contributed by atoms with Gasteiger partial charge in [0, 0.05) is 25.8 Å². The Morgan fingerprint density at radius 2 is 1.92 bits per heavy atom. The van der Waals surface area contributed by atoms with Crippen LogP contribution < -0.4 is 20.3 Å². The molecule has 0 saturated carbocycles. The first-order valence-electron chi connectivity index (χ1n) is 11.7. The van der Waals surface area contributed by atoms with Gasteiger partial charge >= 0.3 is 0 Å². The highest BCUT2D eigenvalue weighted by Gasteiger charge is 2.32. The van der Waals surface area contributed by atoms with E-state index in [9.17, 15) is 14.9 Å². The zero-order valence-corrected chi connectivity index (χ0v) is 23.2. The topological polar surface area (TPSA) is 106 Å². The molecule has 1 fully saturated rings. The lowest BCUT2D eigenvalue weighted by atomic mass is 10.0. The molecule has 9 nitrogen and oxygen atoms in total. The van der Waals surface area contributed by atoms with Gasteiger partial charge in [-0.15, -0.1) is 0 Å². The molecule has 2 aromatic rings. The first-order chi connectivity index (χ1) is 17.8. The van der Waals surface area contributed by atoms with Crippen molar-refractivity contribution in [3.05, 3.63) is 55.7 Å². The minimum absolute atomic E-state index is 0.0494. The van der Waals surface area contributed by atoms with E-state index in [-0.39, 0.29) is 17.0 Å². The molecule has 0 bridgehead atoms. The fraction of sp³-hybridized carbons (Fsp3) is 0.385. The highest BCUT2D eigenvalue weighted by atomic mass is 32.2. The van der Waals surface area contributed by atoms with Crippen molar-refractivity contribution in [2.45, 2.75) is 26.8 Å². The van der Waals surface area contributed by atoms with Crippen molar-refractivity contribution >= 4 is 46.1 Å². The molecule has 0 spiro atoms. The number of amides is 1. The first-order valence-corrected chi connectivity index (χ1v) is 12.9. The predicted molar refractivity (Wildman–Crippen MR) is 149 cm³/mol. The van der Waals surface area contributed by atoms with Crippen LogP contribution in [-0.4, -0.2) is 60.7 Å². The summed E-state index contributed by atoms with van der Waals surface area (Å²) in [5.41, 5.74) is 1.81. The van der Waals surface area contributed by atoms with Crippen LogP contribution in [0.4, 0.5) is 5.82 Å². The molecule has 0 aliphatic carbocycles. The molecule has 0 unspecified atom stereocenters. The third-order valence-electron chi connectivity index (χ3n) is 6.01. The van der Waals surface area contributed by atoms with Gasteiger partial charge < -0.3 is 19.5 Å². The number of hydrogen-bond donors (Lipinski definition) is 1. The lowest BCUT2D eigenvalue weighted by Gasteiger charge is -2.19. The standard InChI is InChI=1S/C26H30N4O5S2/c1-6-29-23(28-10-9-17-7-8-20(34-4)21(13-17)35-5)18(16(2)19(15-27)24(29)31)14-22-25(32)30(11-12-33-3)26(36)37-22/h7-8,13-14,28H,6,9-12H2,1-5H3/b22-14+. The Morgan fingerprint density at radius 1 is 1.19 bits per heavy atom. The average molecular weight is 543 g/mol. The molecule has 2 heterocycles. The summed E-state index contributed by atoms with van der Waals surface area (Å²) >= 11 is 6.59. The van der Waals surface area contributed by atoms with E-state index in [1.165, 1.54) is 21.2 Å². The van der Waals surface area contributed by atoms with Gasteiger partial charge in [0.15, 0.2) is 11.5 Å². The van der Waals surface area contributed by atoms with Crippen molar-refractivity contribution in [1.29, 1.82) is 5.26 Å². The van der Waals surface area contributed by atoms with E-state index in [4.69, 9.17) is 26.4 Å². The van der Waals surface area contributed by atoms with Gasteiger partial charge in [-0.05, 0) is 49.6 Å². The van der Waals surface area contributed by atoms with E-state index in [1.807, 2.05) is 31.2 Å². The number of aromatic nitrogens is 1. The molecule has 1 aliphatic rings. The smallest absolute Gasteiger partial charge is 0.270 e. The second kappa shape index (κ2) is 12.8. The number of nitrogens with zero attached hydrogens (tertiary/aromatic N) is 3. The largest absolute Gasteiger partial charge is 0.493 e. The number of carbonyl (C=O) groups is 1. The summed E-state index contributed by atoms with van der Waals surface area (Å²) in [7, 11) is 4.74. The number of nitriles is 1. The Hall–Kier alpha value is -3.33. The lowest BCUT2D eigenvalue weighted by Crippen LogP contribution is -2.31. The van der Waals surface area contributed by atoms with E-state index < -0.39 is 0 Å². The van der Waals surface area contributed by atoms with Crippen molar-refractivity contribution in [3.8, 4) is 17.6 Å². The Kier molecular flexibility index (Phi) is 9.74. The molecular formula is C26H30N4O5S2. The molecule has 1 aromatic heterocycles. The monoisotopic (exact) mass is 542 g/mol. The lowest BCUT2D eigenvalue weighted by molar-refractivity contribution is -0.122. The number of thioether (sulfide) groups is 1. The van der Waals surface area contributed by atoms with E-state index in [0.29, 0.717) is 70.3 Å². The van der Waals surface area contributed by atoms with Gasteiger partial charge in [0.05, 0.1) is 32.3 Å². The summed E-state index contributed by atoms with van der Waals surface area (Å²) in [6, 6.07) is 7.74. The predicted octanol–water partition coefficient (Wildman–Crippen LogP) is 3.57. The molecule has 1 N–H and O–H groups in total. The van der Waals surface area contributed by atoms with Gasteiger partial charge in [-0.2, -0.15) is 5.26 Å². The van der Waals surface area contributed by atoms with Crippen molar-refractivity contribution in [1.82, 2.24) is 9.47 Å². The Morgan fingerprint density at radius 3 is 2.54 bits per heavy atom. The SMILES string of the molecule is CCn1c(NCCc2ccc(OC)c(OC)c2)c(/C=C2/SC(=S)N(CCOC)C2=O)c(C)c(C#N)c1=O. The van der Waals surface area contributed by atoms with Gasteiger partial charge in [-0.25, -0.2) is 0 Å². The maximum atomic E-state index is 13.1. The summed E-state index contributed by atoms with van der Waals surface area (Å²) in [5.74, 6) is 1.60. The highest BCUT2D eigenvalue weighted by Crippen LogP contribution is 2.35. The van der Waals surface area contributed by atoms with Crippen LogP contribution in [0.2, 0.25) is 0 Å². The molecule has 1 aromatic carbocycles. The summed E-state index contributed by atoms with van der Waals surface area (Å²) in [5, 5.41) is 13.1. The Labute approximate surface area is 226 Å². The second-order valence-corrected chi connectivity index (χ2v) is 9.79. The zero-order chi connectivity index (χ0) is 27.1. The number of anilines is 1. The second-order valence-electron chi connectivity index (χ2n) is 8.12. The Bertz CT molecular complexity index is 1330. The minimum atomic E-state index is -0.374. The van der Waals surface area contributed by atoms with Gasteiger partial charge in [-0.3, -0.25) is 19.1 Å². The fourth-order valence-electron chi connectivity index (χ4n) is 4.02. The maximum Gasteiger partial charge on any atom is 0.270 e. The maximum absolute atomic E-state index is 13.1. The van der Waals surface area contributed by atoms with Crippen molar-refractivity contribution in [2.75, 3.05) is 46.3 Å². The summed E-state index contributed by atoms with van der Waals surface area (Å²) in [6.07, 6.45) is 2.35. The van der Waals surface area contributed by atoms with E-state index in [2.05, 4.69) is 5.32 Å². The normalized spacial score (nSPS) is 14.3. The molecule has 1 saturated heterocycles.